The number of aliphatic carboxylic acids is 1. The molecule has 0 saturated carbocycles. The maximum atomic E-state index is 12.3. The fraction of sp³-hybridized carbons (Fsp3) is 0.158. The summed E-state index contributed by atoms with van der Waals surface area (Å²) >= 11 is 9.09. The standard InChI is InChI=1S/C19H19BrClN5O5/c20-13-6-10(21)5-12(17(13)30)14(7-16(28)29)26-15(27)8-24-18(31)9-2-1-3-11(4-9)25-19(22)23/h1-6,14,30H,7-8H2,(H,24,31)(H,26,27)(H,28,29)(H4,22,23,25). The van der Waals surface area contributed by atoms with Gasteiger partial charge < -0.3 is 31.9 Å². The monoisotopic (exact) mass is 511 g/mol. The van der Waals surface area contributed by atoms with Gasteiger partial charge in [-0.05, 0) is 46.3 Å². The lowest BCUT2D eigenvalue weighted by Gasteiger charge is -2.20. The highest BCUT2D eigenvalue weighted by Gasteiger charge is 2.23. The van der Waals surface area contributed by atoms with Crippen molar-refractivity contribution < 1.29 is 24.6 Å². The molecule has 0 fully saturated rings. The van der Waals surface area contributed by atoms with E-state index in [1.54, 1.807) is 12.1 Å². The van der Waals surface area contributed by atoms with Crippen molar-refractivity contribution in [3.63, 3.8) is 0 Å². The van der Waals surface area contributed by atoms with Gasteiger partial charge in [0.1, 0.15) is 5.75 Å². The number of carbonyl (C=O) groups is 3. The number of guanidine groups is 1. The molecule has 2 amide bonds. The molecule has 2 aromatic carbocycles. The largest absolute Gasteiger partial charge is 0.506 e. The van der Waals surface area contributed by atoms with Crippen molar-refractivity contribution >= 4 is 57.0 Å². The minimum absolute atomic E-state index is 0.115. The van der Waals surface area contributed by atoms with E-state index in [0.29, 0.717) is 5.69 Å². The van der Waals surface area contributed by atoms with Crippen LogP contribution in [0.25, 0.3) is 0 Å². The molecule has 0 aromatic heterocycles. The number of amides is 2. The Morgan fingerprint density at radius 2 is 1.94 bits per heavy atom. The number of halogens is 2. The van der Waals surface area contributed by atoms with Gasteiger partial charge in [-0.25, -0.2) is 0 Å². The number of rotatable bonds is 8. The third-order valence-corrected chi connectivity index (χ3v) is 4.78. The highest BCUT2D eigenvalue weighted by Crippen LogP contribution is 2.36. The van der Waals surface area contributed by atoms with Crippen molar-refractivity contribution in [2.24, 2.45) is 5.73 Å². The summed E-state index contributed by atoms with van der Waals surface area (Å²) in [7, 11) is 0. The smallest absolute Gasteiger partial charge is 0.305 e. The highest BCUT2D eigenvalue weighted by atomic mass is 79.9. The number of carbonyl (C=O) groups excluding carboxylic acids is 2. The highest BCUT2D eigenvalue weighted by molar-refractivity contribution is 9.10. The van der Waals surface area contributed by atoms with E-state index in [1.165, 1.54) is 24.3 Å². The van der Waals surface area contributed by atoms with Gasteiger partial charge in [-0.1, -0.05) is 17.7 Å². The Morgan fingerprint density at radius 1 is 1.23 bits per heavy atom. The first-order valence-corrected chi connectivity index (χ1v) is 9.92. The van der Waals surface area contributed by atoms with Crippen LogP contribution in [0.1, 0.15) is 28.4 Å². The number of phenols is 1. The number of carboxylic acid groups (broad SMARTS) is 1. The van der Waals surface area contributed by atoms with E-state index in [0.717, 1.165) is 0 Å². The molecule has 10 nitrogen and oxygen atoms in total. The topological polar surface area (TPSA) is 178 Å². The zero-order chi connectivity index (χ0) is 23.1. The third kappa shape index (κ3) is 7.15. The van der Waals surface area contributed by atoms with Crippen LogP contribution >= 0.6 is 27.5 Å². The summed E-state index contributed by atoms with van der Waals surface area (Å²) in [5, 5.41) is 34.3. The van der Waals surface area contributed by atoms with Gasteiger partial charge in [-0.2, -0.15) is 0 Å². The molecule has 1 atom stereocenters. The van der Waals surface area contributed by atoms with Crippen molar-refractivity contribution in [2.75, 3.05) is 11.9 Å². The lowest BCUT2D eigenvalue weighted by molar-refractivity contribution is -0.137. The Balaban J connectivity index is 2.07. The average molecular weight is 513 g/mol. The van der Waals surface area contributed by atoms with Gasteiger partial charge in [0.25, 0.3) is 5.91 Å². The summed E-state index contributed by atoms with van der Waals surface area (Å²) in [5.74, 6) is -3.00. The van der Waals surface area contributed by atoms with Crippen molar-refractivity contribution in [1.82, 2.24) is 10.6 Å². The minimum atomic E-state index is -1.21. The number of benzene rings is 2. The van der Waals surface area contributed by atoms with Gasteiger partial charge in [0, 0.05) is 21.8 Å². The van der Waals surface area contributed by atoms with Crippen LogP contribution in [0.3, 0.4) is 0 Å². The van der Waals surface area contributed by atoms with E-state index < -0.39 is 36.8 Å². The van der Waals surface area contributed by atoms with Crippen LogP contribution in [0.15, 0.2) is 40.9 Å². The first kappa shape index (κ1) is 24.0. The molecule has 0 radical (unpaired) electrons. The zero-order valence-corrected chi connectivity index (χ0v) is 18.3. The summed E-state index contributed by atoms with van der Waals surface area (Å²) in [6.07, 6.45) is -0.515. The first-order chi connectivity index (χ1) is 14.6. The summed E-state index contributed by atoms with van der Waals surface area (Å²) < 4.78 is 0.243. The number of phenolic OH excluding ortho intramolecular Hbond substituents is 1. The molecule has 12 heteroatoms. The number of anilines is 1. The third-order valence-electron chi connectivity index (χ3n) is 3.96. The number of nitrogens with one attached hydrogen (secondary N) is 4. The van der Waals surface area contributed by atoms with Gasteiger partial charge in [0.15, 0.2) is 5.96 Å². The Kier molecular flexibility index (Phi) is 8.22. The van der Waals surface area contributed by atoms with E-state index in [-0.39, 0.29) is 32.3 Å². The second-order valence-corrected chi connectivity index (χ2v) is 7.64. The van der Waals surface area contributed by atoms with Crippen molar-refractivity contribution in [3.05, 3.63) is 57.0 Å². The lowest BCUT2D eigenvalue weighted by atomic mass is 10.0. The van der Waals surface area contributed by atoms with E-state index in [1.807, 2.05) is 0 Å². The Morgan fingerprint density at radius 3 is 2.58 bits per heavy atom. The average Bonchev–Trinajstić information content (AvgIpc) is 2.67. The van der Waals surface area contributed by atoms with Crippen LogP contribution in [0.2, 0.25) is 5.02 Å². The summed E-state index contributed by atoms with van der Waals surface area (Å²) in [6.45, 7) is -0.443. The number of nitrogens with two attached hydrogens (primary N) is 1. The van der Waals surface area contributed by atoms with E-state index in [2.05, 4.69) is 31.9 Å². The van der Waals surface area contributed by atoms with Crippen LogP contribution in [-0.4, -0.2) is 40.5 Å². The fourth-order valence-corrected chi connectivity index (χ4v) is 3.50. The number of carboxylic acids is 1. The molecule has 2 aromatic rings. The predicted molar refractivity (Wildman–Crippen MR) is 118 cm³/mol. The van der Waals surface area contributed by atoms with Gasteiger partial charge in [0.05, 0.1) is 23.5 Å². The van der Waals surface area contributed by atoms with Crippen LogP contribution in [-0.2, 0) is 9.59 Å². The van der Waals surface area contributed by atoms with E-state index in [9.17, 15) is 19.5 Å². The predicted octanol–water partition coefficient (Wildman–Crippen LogP) is 2.18. The molecule has 0 spiro atoms. The number of hydrogen-bond donors (Lipinski definition) is 7. The summed E-state index contributed by atoms with van der Waals surface area (Å²) in [6, 6.07) is 7.83. The number of hydrogen-bond acceptors (Lipinski definition) is 5. The molecule has 164 valence electrons. The van der Waals surface area contributed by atoms with Gasteiger partial charge in [-0.15, -0.1) is 0 Å². The lowest BCUT2D eigenvalue weighted by Crippen LogP contribution is -2.39. The Labute approximate surface area is 190 Å². The molecule has 0 heterocycles. The molecule has 1 unspecified atom stereocenters. The first-order valence-electron chi connectivity index (χ1n) is 8.75. The molecule has 0 aliphatic heterocycles. The molecule has 8 N–H and O–H groups in total. The Bertz CT molecular complexity index is 1030. The molecule has 2 rings (SSSR count). The van der Waals surface area contributed by atoms with E-state index in [4.69, 9.17) is 27.9 Å². The molecule has 0 aliphatic rings. The van der Waals surface area contributed by atoms with Crippen molar-refractivity contribution in [3.8, 4) is 5.75 Å². The molecule has 0 bridgehead atoms. The molecule has 0 aliphatic carbocycles. The molecule has 31 heavy (non-hydrogen) atoms. The van der Waals surface area contributed by atoms with Gasteiger partial charge in [-0.3, -0.25) is 19.8 Å². The summed E-state index contributed by atoms with van der Waals surface area (Å²) in [4.78, 5) is 35.9. The van der Waals surface area contributed by atoms with Crippen LogP contribution < -0.4 is 21.7 Å². The normalized spacial score (nSPS) is 11.3. The Hall–Kier alpha value is -3.31. The quantitative estimate of drug-likeness (QED) is 0.209. The van der Waals surface area contributed by atoms with E-state index >= 15 is 0 Å². The maximum absolute atomic E-state index is 12.3. The molecule has 0 saturated heterocycles. The second-order valence-electron chi connectivity index (χ2n) is 6.35. The maximum Gasteiger partial charge on any atom is 0.305 e. The minimum Gasteiger partial charge on any atom is -0.506 e. The fourth-order valence-electron chi connectivity index (χ4n) is 2.67. The molecular formula is C19H19BrClN5O5. The zero-order valence-electron chi connectivity index (χ0n) is 15.9. The molecular weight excluding hydrogens is 494 g/mol. The van der Waals surface area contributed by atoms with Crippen molar-refractivity contribution in [2.45, 2.75) is 12.5 Å². The second kappa shape index (κ2) is 10.6. The van der Waals surface area contributed by atoms with Crippen LogP contribution in [0, 0.1) is 5.41 Å². The SMILES string of the molecule is N=C(N)Nc1cccc(C(=O)NCC(=O)NC(CC(=O)O)c2cc(Cl)cc(Br)c2O)c1. The van der Waals surface area contributed by atoms with Crippen molar-refractivity contribution in [1.29, 1.82) is 5.41 Å². The summed E-state index contributed by atoms with van der Waals surface area (Å²) in [5.41, 5.74) is 6.01. The van der Waals surface area contributed by atoms with Gasteiger partial charge in [0.2, 0.25) is 5.91 Å². The van der Waals surface area contributed by atoms with Crippen LogP contribution in [0.4, 0.5) is 5.69 Å². The van der Waals surface area contributed by atoms with Gasteiger partial charge >= 0.3 is 5.97 Å². The van der Waals surface area contributed by atoms with Crippen LogP contribution in [0.5, 0.6) is 5.75 Å². The number of aromatic hydroxyl groups is 1.